The van der Waals surface area contributed by atoms with Gasteiger partial charge in [-0.1, -0.05) is 11.6 Å². The van der Waals surface area contributed by atoms with E-state index in [1.54, 1.807) is 12.1 Å². The second-order valence-electron chi connectivity index (χ2n) is 2.37. The molecular weight excluding hydrogens is 210 g/mol. The van der Waals surface area contributed by atoms with Gasteiger partial charge in [-0.15, -0.1) is 11.3 Å². The summed E-state index contributed by atoms with van der Waals surface area (Å²) in [5.41, 5.74) is 5.20. The van der Waals surface area contributed by atoms with Crippen LogP contribution in [-0.2, 0) is 4.74 Å². The van der Waals surface area contributed by atoms with E-state index in [4.69, 9.17) is 22.1 Å². The van der Waals surface area contributed by atoms with Crippen LogP contribution in [0.1, 0.15) is 9.67 Å². The molecular formula is C8H10ClNO2S. The van der Waals surface area contributed by atoms with E-state index >= 15 is 0 Å². The number of Topliss-reactive ketones (excluding diaryl/α,β-unsaturated/α-hetero) is 1. The van der Waals surface area contributed by atoms with Crippen molar-refractivity contribution in [3.05, 3.63) is 21.3 Å². The highest BCUT2D eigenvalue weighted by molar-refractivity contribution is 7.18. The van der Waals surface area contributed by atoms with Crippen molar-refractivity contribution in [3.63, 3.8) is 0 Å². The lowest BCUT2D eigenvalue weighted by Gasteiger charge is -1.98. The van der Waals surface area contributed by atoms with Crippen molar-refractivity contribution in [2.45, 2.75) is 0 Å². The van der Waals surface area contributed by atoms with Crippen LogP contribution in [0.15, 0.2) is 12.1 Å². The zero-order valence-electron chi connectivity index (χ0n) is 6.96. The van der Waals surface area contributed by atoms with Crippen molar-refractivity contribution in [1.82, 2.24) is 0 Å². The minimum atomic E-state index is -0.0506. The van der Waals surface area contributed by atoms with Gasteiger partial charge in [0.2, 0.25) is 0 Å². The highest BCUT2D eigenvalue weighted by atomic mass is 35.5. The predicted octanol–water partition coefficient (Wildman–Crippen LogP) is 1.56. The topological polar surface area (TPSA) is 52.3 Å². The maximum atomic E-state index is 11.3. The molecule has 0 spiro atoms. The molecule has 0 bridgehead atoms. The summed E-state index contributed by atoms with van der Waals surface area (Å²) < 4.78 is 5.61. The minimum Gasteiger partial charge on any atom is -0.372 e. The van der Waals surface area contributed by atoms with E-state index < -0.39 is 0 Å². The summed E-state index contributed by atoms with van der Waals surface area (Å²) in [5, 5.41) is 0. The molecule has 1 aromatic heterocycles. The Bertz CT molecular complexity index is 287. The molecule has 0 saturated heterocycles. The smallest absolute Gasteiger partial charge is 0.198 e. The fourth-order valence-electron chi connectivity index (χ4n) is 0.783. The van der Waals surface area contributed by atoms with Crippen molar-refractivity contribution < 1.29 is 9.53 Å². The van der Waals surface area contributed by atoms with E-state index in [1.807, 2.05) is 0 Å². The average Bonchev–Trinajstić information content (AvgIpc) is 2.52. The molecule has 0 radical (unpaired) electrons. The molecule has 1 heterocycles. The van der Waals surface area contributed by atoms with Gasteiger partial charge in [0, 0.05) is 6.54 Å². The van der Waals surface area contributed by atoms with Gasteiger partial charge in [-0.2, -0.15) is 0 Å². The van der Waals surface area contributed by atoms with E-state index in [-0.39, 0.29) is 12.4 Å². The normalized spacial score (nSPS) is 10.3. The summed E-state index contributed by atoms with van der Waals surface area (Å²) >= 11 is 6.93. The molecule has 2 N–H and O–H groups in total. The molecule has 0 amide bonds. The van der Waals surface area contributed by atoms with Crippen molar-refractivity contribution >= 4 is 28.7 Å². The fourth-order valence-corrected chi connectivity index (χ4v) is 1.75. The number of rotatable bonds is 5. The zero-order valence-corrected chi connectivity index (χ0v) is 8.53. The van der Waals surface area contributed by atoms with E-state index in [0.29, 0.717) is 22.4 Å². The molecule has 1 aromatic rings. The van der Waals surface area contributed by atoms with Crippen LogP contribution in [0.2, 0.25) is 4.34 Å². The lowest BCUT2D eigenvalue weighted by atomic mass is 10.3. The van der Waals surface area contributed by atoms with Crippen LogP contribution in [0, 0.1) is 0 Å². The molecule has 72 valence electrons. The average molecular weight is 220 g/mol. The third kappa shape index (κ3) is 3.44. The second kappa shape index (κ2) is 5.34. The molecule has 1 rings (SSSR count). The summed E-state index contributed by atoms with van der Waals surface area (Å²) in [5.74, 6) is -0.0506. The number of thiophene rings is 1. The molecule has 0 saturated carbocycles. The van der Waals surface area contributed by atoms with Gasteiger partial charge in [0.15, 0.2) is 5.78 Å². The quantitative estimate of drug-likeness (QED) is 0.604. The maximum Gasteiger partial charge on any atom is 0.198 e. The van der Waals surface area contributed by atoms with Crippen molar-refractivity contribution in [2.24, 2.45) is 5.73 Å². The van der Waals surface area contributed by atoms with E-state index in [0.717, 1.165) is 0 Å². The summed E-state index contributed by atoms with van der Waals surface area (Å²) in [6.45, 7) is 0.914. The zero-order chi connectivity index (χ0) is 9.68. The lowest BCUT2D eigenvalue weighted by molar-refractivity contribution is 0.0778. The first kappa shape index (κ1) is 10.7. The molecule has 0 atom stereocenters. The molecule has 0 aliphatic carbocycles. The van der Waals surface area contributed by atoms with Crippen molar-refractivity contribution in [2.75, 3.05) is 19.8 Å². The predicted molar refractivity (Wildman–Crippen MR) is 53.5 cm³/mol. The monoisotopic (exact) mass is 219 g/mol. The molecule has 0 aliphatic heterocycles. The Morgan fingerprint density at radius 1 is 1.62 bits per heavy atom. The Kier molecular flexibility index (Phi) is 4.38. The molecule has 0 unspecified atom stereocenters. The summed E-state index contributed by atoms with van der Waals surface area (Å²) in [6.07, 6.45) is 0. The van der Waals surface area contributed by atoms with Gasteiger partial charge >= 0.3 is 0 Å². The largest absolute Gasteiger partial charge is 0.372 e. The number of carbonyl (C=O) groups is 1. The number of carbonyl (C=O) groups excluding carboxylic acids is 1. The Morgan fingerprint density at radius 2 is 2.38 bits per heavy atom. The molecule has 13 heavy (non-hydrogen) atoms. The Labute approximate surface area is 85.4 Å². The van der Waals surface area contributed by atoms with Crippen LogP contribution >= 0.6 is 22.9 Å². The Hall–Kier alpha value is -0.420. The highest BCUT2D eigenvalue weighted by Gasteiger charge is 2.07. The van der Waals surface area contributed by atoms with Crippen LogP contribution in [0.3, 0.4) is 0 Å². The summed E-state index contributed by atoms with van der Waals surface area (Å²) in [6, 6.07) is 3.39. The van der Waals surface area contributed by atoms with Crippen molar-refractivity contribution in [3.8, 4) is 0 Å². The molecule has 5 heteroatoms. The van der Waals surface area contributed by atoms with Gasteiger partial charge in [-0.25, -0.2) is 0 Å². The van der Waals surface area contributed by atoms with Gasteiger partial charge in [0.25, 0.3) is 0 Å². The van der Waals surface area contributed by atoms with Gasteiger partial charge in [-0.3, -0.25) is 4.79 Å². The second-order valence-corrected chi connectivity index (χ2v) is 4.08. The van der Waals surface area contributed by atoms with Gasteiger partial charge < -0.3 is 10.5 Å². The molecule has 0 aliphatic rings. The van der Waals surface area contributed by atoms with E-state index in [2.05, 4.69) is 0 Å². The third-order valence-electron chi connectivity index (χ3n) is 1.34. The number of hydrogen-bond donors (Lipinski definition) is 1. The number of halogens is 1. The van der Waals surface area contributed by atoms with E-state index in [9.17, 15) is 4.79 Å². The molecule has 0 aromatic carbocycles. The molecule has 0 fully saturated rings. The first-order chi connectivity index (χ1) is 6.24. The number of ether oxygens (including phenoxy) is 1. The van der Waals surface area contributed by atoms with Crippen LogP contribution in [-0.4, -0.2) is 25.5 Å². The first-order valence-corrected chi connectivity index (χ1v) is 5.00. The van der Waals surface area contributed by atoms with Crippen LogP contribution < -0.4 is 5.73 Å². The van der Waals surface area contributed by atoms with Crippen molar-refractivity contribution in [1.29, 1.82) is 0 Å². The number of nitrogens with two attached hydrogens (primary N) is 1. The SMILES string of the molecule is NCCOCC(=O)c1ccc(Cl)s1. The Morgan fingerprint density at radius 3 is 2.92 bits per heavy atom. The van der Waals surface area contributed by atoms with Gasteiger partial charge in [0.1, 0.15) is 6.61 Å². The maximum absolute atomic E-state index is 11.3. The van der Waals surface area contributed by atoms with Crippen LogP contribution in [0.25, 0.3) is 0 Å². The van der Waals surface area contributed by atoms with Crippen LogP contribution in [0.4, 0.5) is 0 Å². The van der Waals surface area contributed by atoms with Gasteiger partial charge in [-0.05, 0) is 12.1 Å². The van der Waals surface area contributed by atoms with E-state index in [1.165, 1.54) is 11.3 Å². The number of ketones is 1. The van der Waals surface area contributed by atoms with Crippen LogP contribution in [0.5, 0.6) is 0 Å². The minimum absolute atomic E-state index is 0.0506. The van der Waals surface area contributed by atoms with Gasteiger partial charge in [0.05, 0.1) is 15.8 Å². The third-order valence-corrected chi connectivity index (χ3v) is 2.62. The standard InChI is InChI=1S/C8H10ClNO2S/c9-8-2-1-7(13-8)6(11)5-12-4-3-10/h1-2H,3-5,10H2. The summed E-state index contributed by atoms with van der Waals surface area (Å²) in [7, 11) is 0. The number of hydrogen-bond acceptors (Lipinski definition) is 4. The molecule has 3 nitrogen and oxygen atoms in total. The highest BCUT2D eigenvalue weighted by Crippen LogP contribution is 2.21. The fraction of sp³-hybridized carbons (Fsp3) is 0.375. The Balaban J connectivity index is 2.40. The lowest BCUT2D eigenvalue weighted by Crippen LogP contribution is -2.13. The first-order valence-electron chi connectivity index (χ1n) is 3.80. The summed E-state index contributed by atoms with van der Waals surface area (Å²) in [4.78, 5) is 11.9.